The highest BCUT2D eigenvalue weighted by Gasteiger charge is 2.11. The molecule has 0 radical (unpaired) electrons. The summed E-state index contributed by atoms with van der Waals surface area (Å²) < 4.78 is 5.12. The average Bonchev–Trinajstić information content (AvgIpc) is 3.12. The van der Waals surface area contributed by atoms with Crippen molar-refractivity contribution >= 4 is 22.9 Å². The van der Waals surface area contributed by atoms with E-state index < -0.39 is 0 Å². The lowest BCUT2D eigenvalue weighted by atomic mass is 10.1. The first-order chi connectivity index (χ1) is 11.5. The van der Waals surface area contributed by atoms with Crippen molar-refractivity contribution in [3.05, 3.63) is 51.7 Å². The van der Waals surface area contributed by atoms with Crippen molar-refractivity contribution in [2.45, 2.75) is 33.6 Å². The van der Waals surface area contributed by atoms with Gasteiger partial charge in [0, 0.05) is 28.6 Å². The monoisotopic (exact) mass is 341 g/mol. The Kier molecular flexibility index (Phi) is 4.76. The van der Waals surface area contributed by atoms with Crippen LogP contribution < -0.4 is 5.32 Å². The first-order valence-electron chi connectivity index (χ1n) is 7.77. The summed E-state index contributed by atoms with van der Waals surface area (Å²) in [5, 5.41) is 9.91. The molecule has 2 aromatic heterocycles. The van der Waals surface area contributed by atoms with Crippen LogP contribution in [0, 0.1) is 20.8 Å². The third kappa shape index (κ3) is 3.71. The zero-order valence-corrected chi connectivity index (χ0v) is 14.7. The van der Waals surface area contributed by atoms with Crippen molar-refractivity contribution in [1.29, 1.82) is 0 Å². The number of amides is 1. The second kappa shape index (κ2) is 6.97. The Bertz CT molecular complexity index is 847. The van der Waals surface area contributed by atoms with E-state index in [1.165, 1.54) is 0 Å². The van der Waals surface area contributed by atoms with Gasteiger partial charge in [-0.25, -0.2) is 4.98 Å². The van der Waals surface area contributed by atoms with Crippen LogP contribution in [-0.2, 0) is 11.2 Å². The molecule has 24 heavy (non-hydrogen) atoms. The molecule has 0 fully saturated rings. The van der Waals surface area contributed by atoms with Gasteiger partial charge in [-0.3, -0.25) is 4.79 Å². The maximum atomic E-state index is 12.2. The lowest BCUT2D eigenvalue weighted by Gasteiger charge is -2.07. The predicted molar refractivity (Wildman–Crippen MR) is 95.2 cm³/mol. The van der Waals surface area contributed by atoms with E-state index in [2.05, 4.69) is 15.5 Å². The molecule has 1 amide bonds. The van der Waals surface area contributed by atoms with Gasteiger partial charge in [0.25, 0.3) is 0 Å². The Hall–Kier alpha value is -2.47. The van der Waals surface area contributed by atoms with Crippen LogP contribution in [0.25, 0.3) is 11.3 Å². The third-order valence-electron chi connectivity index (χ3n) is 3.84. The highest BCUT2D eigenvalue weighted by molar-refractivity contribution is 7.09. The Morgan fingerprint density at radius 1 is 1.29 bits per heavy atom. The van der Waals surface area contributed by atoms with Crippen LogP contribution in [0.4, 0.5) is 5.69 Å². The summed E-state index contributed by atoms with van der Waals surface area (Å²) >= 11 is 1.62. The standard InChI is InChI=1S/C18H19N3O2S/c1-11-16(12(2)23-21-11)7-8-18(22)20-15-6-4-5-14(9-15)17-10-24-13(3)19-17/h4-6,9-10H,7-8H2,1-3H3,(H,20,22). The Morgan fingerprint density at radius 3 is 2.79 bits per heavy atom. The fourth-order valence-corrected chi connectivity index (χ4v) is 3.20. The number of nitrogens with zero attached hydrogens (tertiary/aromatic N) is 2. The first-order valence-corrected chi connectivity index (χ1v) is 8.65. The fraction of sp³-hybridized carbons (Fsp3) is 0.278. The molecule has 0 aliphatic carbocycles. The lowest BCUT2D eigenvalue weighted by molar-refractivity contribution is -0.116. The van der Waals surface area contributed by atoms with Gasteiger partial charge < -0.3 is 9.84 Å². The number of hydrogen-bond donors (Lipinski definition) is 1. The molecule has 2 heterocycles. The number of anilines is 1. The average molecular weight is 341 g/mol. The molecule has 1 aromatic carbocycles. The van der Waals surface area contributed by atoms with E-state index >= 15 is 0 Å². The molecule has 3 aromatic rings. The minimum absolute atomic E-state index is 0.0263. The number of benzene rings is 1. The Labute approximate surface area is 144 Å². The van der Waals surface area contributed by atoms with Crippen molar-refractivity contribution in [3.63, 3.8) is 0 Å². The molecule has 124 valence electrons. The van der Waals surface area contributed by atoms with Crippen LogP contribution in [0.3, 0.4) is 0 Å². The molecule has 1 N–H and O–H groups in total. The SMILES string of the molecule is Cc1nc(-c2cccc(NC(=O)CCc3c(C)noc3C)c2)cs1. The Balaban J connectivity index is 1.64. The minimum Gasteiger partial charge on any atom is -0.361 e. The van der Waals surface area contributed by atoms with Crippen LogP contribution >= 0.6 is 11.3 Å². The summed E-state index contributed by atoms with van der Waals surface area (Å²) in [6, 6.07) is 7.75. The van der Waals surface area contributed by atoms with E-state index in [1.807, 2.05) is 50.4 Å². The summed E-state index contributed by atoms with van der Waals surface area (Å²) in [5.74, 6) is 0.753. The van der Waals surface area contributed by atoms with Crippen molar-refractivity contribution in [2.75, 3.05) is 5.32 Å². The molecule has 0 unspecified atom stereocenters. The number of rotatable bonds is 5. The number of thiazole rings is 1. The number of aromatic nitrogens is 2. The van der Waals surface area contributed by atoms with Crippen molar-refractivity contribution in [2.24, 2.45) is 0 Å². The van der Waals surface area contributed by atoms with E-state index in [9.17, 15) is 4.79 Å². The highest BCUT2D eigenvalue weighted by Crippen LogP contribution is 2.24. The third-order valence-corrected chi connectivity index (χ3v) is 4.62. The van der Waals surface area contributed by atoms with E-state index in [0.717, 1.165) is 39.0 Å². The van der Waals surface area contributed by atoms with E-state index in [4.69, 9.17) is 4.52 Å². The van der Waals surface area contributed by atoms with Gasteiger partial charge >= 0.3 is 0 Å². The molecule has 0 bridgehead atoms. The fourth-order valence-electron chi connectivity index (χ4n) is 2.57. The molecule has 0 saturated carbocycles. The quantitative estimate of drug-likeness (QED) is 0.751. The normalized spacial score (nSPS) is 10.8. The van der Waals surface area contributed by atoms with Gasteiger partial charge in [0.05, 0.1) is 16.4 Å². The van der Waals surface area contributed by atoms with Crippen molar-refractivity contribution in [3.8, 4) is 11.3 Å². The number of carbonyl (C=O) groups is 1. The number of hydrogen-bond acceptors (Lipinski definition) is 5. The molecule has 3 rings (SSSR count). The van der Waals surface area contributed by atoms with E-state index in [-0.39, 0.29) is 5.91 Å². The predicted octanol–water partition coefficient (Wildman–Crippen LogP) is 4.29. The summed E-state index contributed by atoms with van der Waals surface area (Å²) in [4.78, 5) is 16.7. The zero-order chi connectivity index (χ0) is 17.1. The molecule has 0 saturated heterocycles. The van der Waals surface area contributed by atoms with Crippen LogP contribution in [0.5, 0.6) is 0 Å². The van der Waals surface area contributed by atoms with Crippen molar-refractivity contribution in [1.82, 2.24) is 10.1 Å². The smallest absolute Gasteiger partial charge is 0.224 e. The number of nitrogens with one attached hydrogen (secondary N) is 1. The van der Waals surface area contributed by atoms with Crippen LogP contribution in [0.2, 0.25) is 0 Å². The van der Waals surface area contributed by atoms with Gasteiger partial charge in [0.1, 0.15) is 5.76 Å². The summed E-state index contributed by atoms with van der Waals surface area (Å²) in [7, 11) is 0. The van der Waals surface area contributed by atoms with E-state index in [0.29, 0.717) is 12.8 Å². The molecule has 0 aliphatic rings. The second-order valence-electron chi connectivity index (χ2n) is 5.68. The number of carbonyl (C=O) groups excluding carboxylic acids is 1. The first kappa shape index (κ1) is 16.4. The minimum atomic E-state index is -0.0263. The largest absolute Gasteiger partial charge is 0.361 e. The van der Waals surface area contributed by atoms with E-state index in [1.54, 1.807) is 11.3 Å². The maximum absolute atomic E-state index is 12.2. The van der Waals surface area contributed by atoms with Crippen molar-refractivity contribution < 1.29 is 9.32 Å². The molecule has 0 atom stereocenters. The van der Waals surface area contributed by atoms with Gasteiger partial charge in [-0.1, -0.05) is 17.3 Å². The lowest BCUT2D eigenvalue weighted by Crippen LogP contribution is -2.12. The summed E-state index contributed by atoms with van der Waals surface area (Å²) in [6.07, 6.45) is 1.01. The second-order valence-corrected chi connectivity index (χ2v) is 6.75. The van der Waals surface area contributed by atoms with Gasteiger partial charge in [0.2, 0.25) is 5.91 Å². The van der Waals surface area contributed by atoms with Gasteiger partial charge in [-0.15, -0.1) is 11.3 Å². The molecule has 6 heteroatoms. The molecule has 0 spiro atoms. The van der Waals surface area contributed by atoms with Gasteiger partial charge in [0.15, 0.2) is 0 Å². The molecule has 0 aliphatic heterocycles. The highest BCUT2D eigenvalue weighted by atomic mass is 32.1. The number of aryl methyl sites for hydroxylation is 3. The molecular formula is C18H19N3O2S. The zero-order valence-electron chi connectivity index (χ0n) is 13.9. The van der Waals surface area contributed by atoms with Crippen LogP contribution in [0.15, 0.2) is 34.2 Å². The van der Waals surface area contributed by atoms with Crippen LogP contribution in [0.1, 0.15) is 28.4 Å². The summed E-state index contributed by atoms with van der Waals surface area (Å²) in [5.41, 5.74) is 4.58. The van der Waals surface area contributed by atoms with Crippen LogP contribution in [-0.4, -0.2) is 16.0 Å². The molecule has 5 nitrogen and oxygen atoms in total. The summed E-state index contributed by atoms with van der Waals surface area (Å²) in [6.45, 7) is 5.74. The maximum Gasteiger partial charge on any atom is 0.224 e. The molecular weight excluding hydrogens is 322 g/mol. The Morgan fingerprint density at radius 2 is 2.12 bits per heavy atom. The topological polar surface area (TPSA) is 68.0 Å². The van der Waals surface area contributed by atoms with Gasteiger partial charge in [-0.05, 0) is 39.3 Å². The van der Waals surface area contributed by atoms with Gasteiger partial charge in [-0.2, -0.15) is 0 Å².